The summed E-state index contributed by atoms with van der Waals surface area (Å²) in [5.41, 5.74) is 0.671. The molecule has 2 aromatic rings. The van der Waals surface area contributed by atoms with Gasteiger partial charge in [-0.05, 0) is 24.3 Å². The molecule has 0 atom stereocenters. The van der Waals surface area contributed by atoms with Crippen molar-refractivity contribution in [1.82, 2.24) is 9.21 Å². The first-order chi connectivity index (χ1) is 12.8. The van der Waals surface area contributed by atoms with Gasteiger partial charge in [0.1, 0.15) is 23.2 Å². The highest BCUT2D eigenvalue weighted by atomic mass is 32.2. The second-order valence-electron chi connectivity index (χ2n) is 6.52. The van der Waals surface area contributed by atoms with Crippen LogP contribution in [0, 0.1) is 17.1 Å². The average Bonchev–Trinajstić information content (AvgIpc) is 3.11. The van der Waals surface area contributed by atoms with Crippen molar-refractivity contribution in [3.05, 3.63) is 47.5 Å². The summed E-state index contributed by atoms with van der Waals surface area (Å²) < 4.78 is 44.6. The first-order valence-corrected chi connectivity index (χ1v) is 9.94. The van der Waals surface area contributed by atoms with Crippen LogP contribution in [0.1, 0.15) is 11.3 Å². The lowest BCUT2D eigenvalue weighted by atomic mass is 10.1. The van der Waals surface area contributed by atoms with Gasteiger partial charge in [-0.25, -0.2) is 17.1 Å². The topological polar surface area (TPSA) is 80.8 Å². The Bertz CT molecular complexity index is 957. The largest absolute Gasteiger partial charge is 0.447 e. The quantitative estimate of drug-likeness (QED) is 0.773. The lowest BCUT2D eigenvalue weighted by molar-refractivity contribution is 0.223. The summed E-state index contributed by atoms with van der Waals surface area (Å²) >= 11 is 0. The zero-order valence-electron chi connectivity index (χ0n) is 15.2. The summed E-state index contributed by atoms with van der Waals surface area (Å²) in [6.45, 7) is 3.16. The second-order valence-corrected chi connectivity index (χ2v) is 8.60. The fourth-order valence-corrected chi connectivity index (χ4v) is 3.83. The predicted molar refractivity (Wildman–Crippen MR) is 98.2 cm³/mol. The minimum Gasteiger partial charge on any atom is -0.447 e. The molecule has 1 aromatic heterocycles. The van der Waals surface area contributed by atoms with Crippen molar-refractivity contribution < 1.29 is 17.2 Å². The van der Waals surface area contributed by atoms with Crippen LogP contribution in [0.5, 0.6) is 0 Å². The molecule has 1 aliphatic heterocycles. The lowest BCUT2D eigenvalue weighted by Gasteiger charge is -2.36. The van der Waals surface area contributed by atoms with E-state index in [4.69, 9.17) is 4.42 Å². The number of benzene rings is 1. The van der Waals surface area contributed by atoms with Crippen molar-refractivity contribution in [1.29, 1.82) is 5.26 Å². The maximum Gasteiger partial charge on any atom is 0.275 e. The lowest BCUT2D eigenvalue weighted by Crippen LogP contribution is -2.46. The van der Waals surface area contributed by atoms with Crippen molar-refractivity contribution >= 4 is 15.7 Å². The van der Waals surface area contributed by atoms with E-state index in [9.17, 15) is 18.1 Å². The molecule has 1 saturated heterocycles. The Hall–Kier alpha value is -2.41. The van der Waals surface area contributed by atoms with Crippen LogP contribution in [0.4, 0.5) is 10.1 Å². The molecule has 0 N–H and O–H groups in total. The minimum absolute atomic E-state index is 0.0653. The van der Waals surface area contributed by atoms with Crippen molar-refractivity contribution in [2.24, 2.45) is 0 Å². The SMILES string of the molecule is CN(C)S(=O)(=O)c1ccc(CN2CCN(c3cccc(F)c3C#N)CC2)o1. The number of furan rings is 1. The highest BCUT2D eigenvalue weighted by Crippen LogP contribution is 2.24. The third-order valence-electron chi connectivity index (χ3n) is 4.57. The van der Waals surface area contributed by atoms with Crippen LogP contribution in [0.15, 0.2) is 39.8 Å². The molecule has 144 valence electrons. The van der Waals surface area contributed by atoms with Crippen LogP contribution in [-0.2, 0) is 16.6 Å². The van der Waals surface area contributed by atoms with Gasteiger partial charge >= 0.3 is 0 Å². The van der Waals surface area contributed by atoms with E-state index < -0.39 is 15.8 Å². The zero-order chi connectivity index (χ0) is 19.6. The smallest absolute Gasteiger partial charge is 0.275 e. The molecule has 7 nitrogen and oxygen atoms in total. The molecule has 9 heteroatoms. The van der Waals surface area contributed by atoms with Gasteiger partial charge in [0, 0.05) is 40.3 Å². The van der Waals surface area contributed by atoms with Gasteiger partial charge in [0.15, 0.2) is 0 Å². The Balaban J connectivity index is 1.64. The summed E-state index contributed by atoms with van der Waals surface area (Å²) in [7, 11) is -0.666. The highest BCUT2D eigenvalue weighted by Gasteiger charge is 2.24. The fourth-order valence-electron chi connectivity index (χ4n) is 3.02. The normalized spacial score (nSPS) is 15.9. The third kappa shape index (κ3) is 3.98. The van der Waals surface area contributed by atoms with Crippen LogP contribution in [0.25, 0.3) is 0 Å². The predicted octanol–water partition coefficient (Wildman–Crippen LogP) is 1.86. The molecule has 0 unspecified atom stereocenters. The Labute approximate surface area is 158 Å². The molecular formula is C18H21FN4O3S. The molecule has 1 aliphatic rings. The van der Waals surface area contributed by atoms with E-state index in [-0.39, 0.29) is 10.7 Å². The summed E-state index contributed by atoms with van der Waals surface area (Å²) in [6, 6.07) is 9.71. The Morgan fingerprint density at radius 2 is 1.89 bits per heavy atom. The van der Waals surface area contributed by atoms with Gasteiger partial charge in [-0.15, -0.1) is 0 Å². The average molecular weight is 392 g/mol. The Kier molecular flexibility index (Phi) is 5.51. The van der Waals surface area contributed by atoms with Gasteiger partial charge in [0.25, 0.3) is 10.0 Å². The van der Waals surface area contributed by atoms with Crippen LogP contribution < -0.4 is 4.90 Å². The number of piperazine rings is 1. The van der Waals surface area contributed by atoms with E-state index in [1.807, 2.05) is 11.0 Å². The van der Waals surface area contributed by atoms with Gasteiger partial charge in [0.2, 0.25) is 5.09 Å². The molecule has 0 saturated carbocycles. The minimum atomic E-state index is -3.58. The van der Waals surface area contributed by atoms with Gasteiger partial charge in [-0.3, -0.25) is 4.90 Å². The van der Waals surface area contributed by atoms with Gasteiger partial charge in [0.05, 0.1) is 12.2 Å². The molecule has 0 bridgehead atoms. The molecule has 1 fully saturated rings. The number of anilines is 1. The van der Waals surface area contributed by atoms with E-state index >= 15 is 0 Å². The van der Waals surface area contributed by atoms with E-state index in [1.165, 1.54) is 26.2 Å². The van der Waals surface area contributed by atoms with E-state index in [1.54, 1.807) is 18.2 Å². The zero-order valence-corrected chi connectivity index (χ0v) is 16.0. The molecule has 0 spiro atoms. The van der Waals surface area contributed by atoms with Gasteiger partial charge in [-0.2, -0.15) is 5.26 Å². The van der Waals surface area contributed by atoms with Crippen LogP contribution in [-0.4, -0.2) is 57.9 Å². The molecule has 0 amide bonds. The fraction of sp³-hybridized carbons (Fsp3) is 0.389. The number of hydrogen-bond donors (Lipinski definition) is 0. The highest BCUT2D eigenvalue weighted by molar-refractivity contribution is 7.88. The molecule has 1 aromatic carbocycles. The number of halogens is 1. The molecule has 0 aliphatic carbocycles. The first kappa shape index (κ1) is 19.4. The number of sulfonamides is 1. The summed E-state index contributed by atoms with van der Waals surface area (Å²) in [6.07, 6.45) is 0. The molecule has 3 rings (SSSR count). The second kappa shape index (κ2) is 7.68. The Morgan fingerprint density at radius 3 is 2.52 bits per heavy atom. The summed E-state index contributed by atoms with van der Waals surface area (Å²) in [5.74, 6) is 0.0648. The monoisotopic (exact) mass is 392 g/mol. The summed E-state index contributed by atoms with van der Waals surface area (Å²) in [5, 5.41) is 9.12. The summed E-state index contributed by atoms with van der Waals surface area (Å²) in [4.78, 5) is 4.12. The number of nitrogens with zero attached hydrogens (tertiary/aromatic N) is 4. The van der Waals surface area contributed by atoms with Gasteiger partial charge < -0.3 is 9.32 Å². The van der Waals surface area contributed by atoms with Crippen LogP contribution >= 0.6 is 0 Å². The van der Waals surface area contributed by atoms with Crippen molar-refractivity contribution in [2.45, 2.75) is 11.6 Å². The van der Waals surface area contributed by atoms with Crippen molar-refractivity contribution in [3.8, 4) is 6.07 Å². The standard InChI is InChI=1S/C18H21FN4O3S/c1-21(2)27(24,25)18-7-6-14(26-18)13-22-8-10-23(11-9-22)17-5-3-4-16(19)15(17)12-20/h3-7H,8-11,13H2,1-2H3. The van der Waals surface area contributed by atoms with Crippen LogP contribution in [0.2, 0.25) is 0 Å². The molecule has 2 heterocycles. The first-order valence-electron chi connectivity index (χ1n) is 8.50. The van der Waals surface area contributed by atoms with Crippen LogP contribution in [0.3, 0.4) is 0 Å². The molecule has 27 heavy (non-hydrogen) atoms. The number of rotatable bonds is 5. The van der Waals surface area contributed by atoms with E-state index in [0.717, 1.165) is 4.31 Å². The van der Waals surface area contributed by atoms with E-state index in [2.05, 4.69) is 4.90 Å². The Morgan fingerprint density at radius 1 is 1.19 bits per heavy atom. The molecule has 0 radical (unpaired) electrons. The van der Waals surface area contributed by atoms with Crippen molar-refractivity contribution in [2.75, 3.05) is 45.2 Å². The maximum atomic E-state index is 13.8. The van der Waals surface area contributed by atoms with Gasteiger partial charge in [-0.1, -0.05) is 6.07 Å². The maximum absolute atomic E-state index is 13.8. The van der Waals surface area contributed by atoms with E-state index in [0.29, 0.717) is 44.2 Å². The number of nitriles is 1. The number of hydrogen-bond acceptors (Lipinski definition) is 6. The third-order valence-corrected chi connectivity index (χ3v) is 6.26. The van der Waals surface area contributed by atoms with Crippen molar-refractivity contribution in [3.63, 3.8) is 0 Å². The molecular weight excluding hydrogens is 371 g/mol.